The molecule has 1 N–H and O–H groups in total. The number of hydrogen-bond acceptors (Lipinski definition) is 4. The van der Waals surface area contributed by atoms with E-state index in [-0.39, 0.29) is 17.9 Å². The summed E-state index contributed by atoms with van der Waals surface area (Å²) in [6, 6.07) is 13.5. The first-order valence-corrected chi connectivity index (χ1v) is 11.0. The first-order chi connectivity index (χ1) is 14.6. The molecule has 0 aliphatic carbocycles. The average molecular weight is 425 g/mol. The van der Waals surface area contributed by atoms with Crippen molar-refractivity contribution in [2.75, 3.05) is 47.8 Å². The molecule has 30 heavy (non-hydrogen) atoms. The Balaban J connectivity index is 1.29. The number of piperidine rings is 1. The van der Waals surface area contributed by atoms with Gasteiger partial charge in [-0.25, -0.2) is 0 Å². The number of nitrogens with one attached hydrogen (secondary N) is 1. The number of benzene rings is 2. The monoisotopic (exact) mass is 424 g/mol. The van der Waals surface area contributed by atoms with Crippen molar-refractivity contribution in [1.29, 1.82) is 0 Å². The summed E-state index contributed by atoms with van der Waals surface area (Å²) in [7, 11) is 0. The normalized spacial score (nSPS) is 21.0. The number of piperazine rings is 1. The highest BCUT2D eigenvalue weighted by Gasteiger charge is 2.35. The number of halogens is 1. The van der Waals surface area contributed by atoms with E-state index in [0.717, 1.165) is 61.0 Å². The topological polar surface area (TPSA) is 55.9 Å². The third-order valence-electron chi connectivity index (χ3n) is 6.36. The number of carbonyl (C=O) groups is 2. The second kappa shape index (κ2) is 7.84. The van der Waals surface area contributed by atoms with Gasteiger partial charge < -0.3 is 20.0 Å². The quantitative estimate of drug-likeness (QED) is 0.800. The molecule has 3 heterocycles. The molecule has 3 aliphatic rings. The Bertz CT molecular complexity index is 987. The summed E-state index contributed by atoms with van der Waals surface area (Å²) >= 11 is 6.11. The summed E-state index contributed by atoms with van der Waals surface area (Å²) in [6.45, 7) is 3.74. The van der Waals surface area contributed by atoms with Crippen LogP contribution in [0, 0.1) is 0 Å². The van der Waals surface area contributed by atoms with Gasteiger partial charge in [-0.3, -0.25) is 9.59 Å². The maximum atomic E-state index is 13.1. The second-order valence-electron chi connectivity index (χ2n) is 8.19. The molecule has 2 aromatic carbocycles. The minimum absolute atomic E-state index is 0.0126. The van der Waals surface area contributed by atoms with Crippen LogP contribution in [-0.4, -0.2) is 55.5 Å². The fraction of sp³-hybridized carbons (Fsp3) is 0.391. The average Bonchev–Trinajstić information content (AvgIpc) is 2.78. The molecule has 2 aromatic rings. The minimum atomic E-state index is -0.0765. The van der Waals surface area contributed by atoms with E-state index in [2.05, 4.69) is 15.1 Å². The van der Waals surface area contributed by atoms with Crippen LogP contribution in [0.4, 0.5) is 17.1 Å². The zero-order chi connectivity index (χ0) is 20.7. The predicted molar refractivity (Wildman–Crippen MR) is 120 cm³/mol. The third-order valence-corrected chi connectivity index (χ3v) is 6.59. The summed E-state index contributed by atoms with van der Waals surface area (Å²) in [4.78, 5) is 31.9. The molecular formula is C23H25ClN4O2. The molecule has 7 heteroatoms. The van der Waals surface area contributed by atoms with Crippen LogP contribution in [0.2, 0.25) is 5.02 Å². The Morgan fingerprint density at radius 1 is 1.00 bits per heavy atom. The molecule has 0 bridgehead atoms. The van der Waals surface area contributed by atoms with Gasteiger partial charge >= 0.3 is 0 Å². The van der Waals surface area contributed by atoms with Gasteiger partial charge in [-0.15, -0.1) is 0 Å². The van der Waals surface area contributed by atoms with Crippen molar-refractivity contribution < 1.29 is 9.59 Å². The largest absolute Gasteiger partial charge is 0.368 e. The van der Waals surface area contributed by atoms with Crippen LogP contribution < -0.4 is 15.1 Å². The lowest BCUT2D eigenvalue weighted by Gasteiger charge is -2.41. The molecule has 3 aliphatic heterocycles. The van der Waals surface area contributed by atoms with Crippen LogP contribution in [0.1, 0.15) is 29.6 Å². The zero-order valence-electron chi connectivity index (χ0n) is 16.8. The second-order valence-corrected chi connectivity index (χ2v) is 8.62. The molecule has 156 valence electrons. The fourth-order valence-corrected chi connectivity index (χ4v) is 4.94. The van der Waals surface area contributed by atoms with Crippen LogP contribution in [-0.2, 0) is 4.79 Å². The first kappa shape index (κ1) is 19.2. The molecule has 0 saturated carbocycles. The lowest BCUT2D eigenvalue weighted by molar-refractivity contribution is -0.118. The zero-order valence-corrected chi connectivity index (χ0v) is 17.6. The van der Waals surface area contributed by atoms with E-state index >= 15 is 0 Å². The lowest BCUT2D eigenvalue weighted by Crippen LogP contribution is -2.50. The highest BCUT2D eigenvalue weighted by atomic mass is 35.5. The van der Waals surface area contributed by atoms with Crippen molar-refractivity contribution in [3.63, 3.8) is 0 Å². The highest BCUT2D eigenvalue weighted by molar-refractivity contribution is 6.30. The number of amides is 2. The van der Waals surface area contributed by atoms with Gasteiger partial charge in [0, 0.05) is 49.0 Å². The summed E-state index contributed by atoms with van der Waals surface area (Å²) in [5, 5.41) is 3.74. The summed E-state index contributed by atoms with van der Waals surface area (Å²) in [6.07, 6.45) is 3.07. The fourth-order valence-electron chi connectivity index (χ4n) is 4.75. The van der Waals surface area contributed by atoms with E-state index < -0.39 is 0 Å². The van der Waals surface area contributed by atoms with E-state index in [0.29, 0.717) is 18.7 Å². The minimum Gasteiger partial charge on any atom is -0.368 e. The van der Waals surface area contributed by atoms with Gasteiger partial charge in [0.2, 0.25) is 5.91 Å². The molecule has 5 rings (SSSR count). The molecule has 0 radical (unpaired) electrons. The van der Waals surface area contributed by atoms with E-state index in [9.17, 15) is 9.59 Å². The maximum absolute atomic E-state index is 13.1. The Labute approximate surface area is 181 Å². The van der Waals surface area contributed by atoms with Crippen LogP contribution >= 0.6 is 11.6 Å². The summed E-state index contributed by atoms with van der Waals surface area (Å²) in [5.41, 5.74) is 3.49. The van der Waals surface area contributed by atoms with E-state index in [1.807, 2.05) is 47.4 Å². The van der Waals surface area contributed by atoms with Crippen LogP contribution in [0.3, 0.4) is 0 Å². The third kappa shape index (κ3) is 3.49. The molecule has 0 unspecified atom stereocenters. The van der Waals surface area contributed by atoms with Crippen molar-refractivity contribution in [2.45, 2.75) is 25.3 Å². The maximum Gasteiger partial charge on any atom is 0.254 e. The van der Waals surface area contributed by atoms with Gasteiger partial charge in [0.15, 0.2) is 0 Å². The number of fused-ring (bicyclic) bond motifs is 3. The molecule has 0 spiro atoms. The molecule has 2 fully saturated rings. The van der Waals surface area contributed by atoms with Gasteiger partial charge in [0.25, 0.3) is 5.91 Å². The smallest absolute Gasteiger partial charge is 0.254 e. The Hall–Kier alpha value is -2.73. The number of anilines is 3. The molecule has 0 aromatic heterocycles. The molecule has 2 amide bonds. The van der Waals surface area contributed by atoms with Gasteiger partial charge in [0.05, 0.1) is 11.4 Å². The molecule has 6 nitrogen and oxygen atoms in total. The van der Waals surface area contributed by atoms with E-state index in [1.54, 1.807) is 0 Å². The van der Waals surface area contributed by atoms with Gasteiger partial charge in [0.1, 0.15) is 6.04 Å². The van der Waals surface area contributed by atoms with Crippen LogP contribution in [0.5, 0.6) is 0 Å². The molecular weight excluding hydrogens is 400 g/mol. The number of carbonyl (C=O) groups excluding carboxylic acids is 2. The molecule has 1 atom stereocenters. The van der Waals surface area contributed by atoms with Gasteiger partial charge in [-0.2, -0.15) is 0 Å². The summed E-state index contributed by atoms with van der Waals surface area (Å²) in [5.74, 6) is 0.0560. The van der Waals surface area contributed by atoms with Gasteiger partial charge in [-0.05, 0) is 55.7 Å². The van der Waals surface area contributed by atoms with Crippen LogP contribution in [0.25, 0.3) is 0 Å². The van der Waals surface area contributed by atoms with E-state index in [4.69, 9.17) is 11.6 Å². The Morgan fingerprint density at radius 3 is 2.63 bits per heavy atom. The van der Waals surface area contributed by atoms with Crippen molar-refractivity contribution in [3.8, 4) is 0 Å². The van der Waals surface area contributed by atoms with Crippen molar-refractivity contribution in [1.82, 2.24) is 4.90 Å². The number of hydrogen-bond donors (Lipinski definition) is 1. The highest BCUT2D eigenvalue weighted by Crippen LogP contribution is 2.36. The predicted octanol–water partition coefficient (Wildman–Crippen LogP) is 3.61. The Kier molecular flexibility index (Phi) is 5.03. The summed E-state index contributed by atoms with van der Waals surface area (Å²) < 4.78 is 0. The lowest BCUT2D eigenvalue weighted by atomic mass is 9.96. The number of nitrogens with zero attached hydrogens (tertiary/aromatic N) is 3. The standard InChI is InChI=1S/C23H25ClN4O2/c24-17-4-3-5-18(15-17)26-10-12-27(13-11-26)23(30)16-7-8-20-19(14-16)25-22(29)21-6-1-2-9-28(20)21/h3-5,7-8,14-15,21H,1-2,6,9-13H2,(H,25,29)/t21-/m0/s1. The van der Waals surface area contributed by atoms with Crippen molar-refractivity contribution in [3.05, 3.63) is 53.1 Å². The van der Waals surface area contributed by atoms with E-state index in [1.165, 1.54) is 0 Å². The van der Waals surface area contributed by atoms with Gasteiger partial charge in [-0.1, -0.05) is 17.7 Å². The number of rotatable bonds is 2. The molecule has 2 saturated heterocycles. The van der Waals surface area contributed by atoms with Crippen molar-refractivity contribution in [2.24, 2.45) is 0 Å². The van der Waals surface area contributed by atoms with Crippen molar-refractivity contribution >= 4 is 40.5 Å². The SMILES string of the molecule is O=C1Nc2cc(C(=O)N3CCN(c4cccc(Cl)c4)CC3)ccc2N2CCCC[C@@H]12. The Morgan fingerprint density at radius 2 is 1.83 bits per heavy atom. The van der Waals surface area contributed by atoms with Crippen LogP contribution in [0.15, 0.2) is 42.5 Å². The first-order valence-electron chi connectivity index (χ1n) is 10.6.